The normalized spacial score (nSPS) is 10.4. The Morgan fingerprint density at radius 1 is 0.875 bits per heavy atom. The maximum Gasteiger partial charge on any atom is 0.271 e. The summed E-state index contributed by atoms with van der Waals surface area (Å²) >= 11 is 0. The van der Waals surface area contributed by atoms with E-state index in [1.54, 1.807) is 14.2 Å². The lowest BCUT2D eigenvalue weighted by Gasteiger charge is -2.14. The number of primary amides is 2. The SMILES string of the molecule is COCCCNc1nc(C(N)=O)c(NCCCOC)nc1C(N)=O. The van der Waals surface area contributed by atoms with Crippen molar-refractivity contribution in [2.24, 2.45) is 11.5 Å². The summed E-state index contributed by atoms with van der Waals surface area (Å²) in [5.74, 6) is -1.27. The van der Waals surface area contributed by atoms with Gasteiger partial charge in [0, 0.05) is 40.5 Å². The van der Waals surface area contributed by atoms with Gasteiger partial charge in [0.2, 0.25) is 0 Å². The van der Waals surface area contributed by atoms with E-state index < -0.39 is 11.8 Å². The highest BCUT2D eigenvalue weighted by molar-refractivity contribution is 6.00. The van der Waals surface area contributed by atoms with Crippen molar-refractivity contribution in [3.05, 3.63) is 11.4 Å². The summed E-state index contributed by atoms with van der Waals surface area (Å²) in [5, 5.41) is 5.84. The van der Waals surface area contributed by atoms with Crippen molar-refractivity contribution < 1.29 is 19.1 Å². The zero-order valence-electron chi connectivity index (χ0n) is 13.9. The summed E-state index contributed by atoms with van der Waals surface area (Å²) in [6.07, 6.45) is 1.36. The molecule has 0 saturated heterocycles. The van der Waals surface area contributed by atoms with Gasteiger partial charge in [-0.1, -0.05) is 0 Å². The third kappa shape index (κ3) is 5.97. The molecule has 0 aliphatic heterocycles. The summed E-state index contributed by atoms with van der Waals surface area (Å²) in [4.78, 5) is 31.4. The largest absolute Gasteiger partial charge is 0.385 e. The predicted molar refractivity (Wildman–Crippen MR) is 89.0 cm³/mol. The molecule has 6 N–H and O–H groups in total. The predicted octanol–water partition coefficient (Wildman–Crippen LogP) is -0.429. The zero-order valence-corrected chi connectivity index (χ0v) is 13.9. The van der Waals surface area contributed by atoms with E-state index in [1.165, 1.54) is 0 Å². The molecule has 1 rings (SSSR count). The van der Waals surface area contributed by atoms with Crippen LogP contribution in [0.2, 0.25) is 0 Å². The van der Waals surface area contributed by atoms with Gasteiger partial charge in [0.05, 0.1) is 0 Å². The summed E-state index contributed by atoms with van der Waals surface area (Å²) < 4.78 is 9.88. The third-order valence-electron chi connectivity index (χ3n) is 3.00. The Morgan fingerprint density at radius 3 is 1.54 bits per heavy atom. The molecule has 134 valence electrons. The second-order valence-electron chi connectivity index (χ2n) is 4.89. The molecule has 0 radical (unpaired) electrons. The van der Waals surface area contributed by atoms with Gasteiger partial charge in [-0.15, -0.1) is 0 Å². The monoisotopic (exact) mass is 340 g/mol. The molecule has 0 unspecified atom stereocenters. The van der Waals surface area contributed by atoms with Crippen LogP contribution in [-0.2, 0) is 9.47 Å². The Labute approximate surface area is 140 Å². The second-order valence-corrected chi connectivity index (χ2v) is 4.89. The molecular weight excluding hydrogens is 316 g/mol. The smallest absolute Gasteiger partial charge is 0.271 e. The Bertz CT molecular complexity index is 517. The van der Waals surface area contributed by atoms with Crippen molar-refractivity contribution in [1.29, 1.82) is 0 Å². The second kappa shape index (κ2) is 10.3. The number of rotatable bonds is 12. The average Bonchev–Trinajstić information content (AvgIpc) is 2.55. The van der Waals surface area contributed by atoms with Crippen LogP contribution in [0.15, 0.2) is 0 Å². The lowest BCUT2D eigenvalue weighted by molar-refractivity contribution is 0.0982. The molecule has 0 bridgehead atoms. The fourth-order valence-electron chi connectivity index (χ4n) is 1.87. The molecule has 2 amide bonds. The van der Waals surface area contributed by atoms with E-state index in [2.05, 4.69) is 20.6 Å². The van der Waals surface area contributed by atoms with Crippen molar-refractivity contribution >= 4 is 23.5 Å². The molecule has 0 spiro atoms. The Kier molecular flexibility index (Phi) is 8.44. The summed E-state index contributed by atoms with van der Waals surface area (Å²) in [7, 11) is 3.17. The molecule has 0 aromatic carbocycles. The van der Waals surface area contributed by atoms with Crippen LogP contribution in [0.1, 0.15) is 33.8 Å². The number of nitrogens with zero attached hydrogens (tertiary/aromatic N) is 2. The highest BCUT2D eigenvalue weighted by Gasteiger charge is 2.20. The fourth-order valence-corrected chi connectivity index (χ4v) is 1.87. The quantitative estimate of drug-likeness (QED) is 0.374. The number of ether oxygens (including phenoxy) is 2. The highest BCUT2D eigenvalue weighted by atomic mass is 16.5. The highest BCUT2D eigenvalue weighted by Crippen LogP contribution is 2.18. The maximum absolute atomic E-state index is 11.6. The van der Waals surface area contributed by atoms with E-state index in [-0.39, 0.29) is 23.0 Å². The van der Waals surface area contributed by atoms with Crippen LogP contribution < -0.4 is 22.1 Å². The van der Waals surface area contributed by atoms with E-state index in [9.17, 15) is 9.59 Å². The number of amides is 2. The zero-order chi connectivity index (χ0) is 17.9. The van der Waals surface area contributed by atoms with E-state index in [4.69, 9.17) is 20.9 Å². The van der Waals surface area contributed by atoms with Crippen LogP contribution in [0.5, 0.6) is 0 Å². The van der Waals surface area contributed by atoms with Gasteiger partial charge >= 0.3 is 0 Å². The van der Waals surface area contributed by atoms with Crippen LogP contribution >= 0.6 is 0 Å². The molecule has 1 aromatic heterocycles. The van der Waals surface area contributed by atoms with Crippen molar-refractivity contribution in [1.82, 2.24) is 9.97 Å². The van der Waals surface area contributed by atoms with Gasteiger partial charge in [0.15, 0.2) is 23.0 Å². The minimum absolute atomic E-state index is 0.0633. The van der Waals surface area contributed by atoms with E-state index >= 15 is 0 Å². The molecule has 10 nitrogen and oxygen atoms in total. The first kappa shape index (κ1) is 19.6. The van der Waals surface area contributed by atoms with Crippen molar-refractivity contribution in [2.75, 3.05) is 51.2 Å². The van der Waals surface area contributed by atoms with Crippen LogP contribution in [-0.4, -0.2) is 62.3 Å². The average molecular weight is 340 g/mol. The number of hydrogen-bond acceptors (Lipinski definition) is 8. The van der Waals surface area contributed by atoms with Crippen LogP contribution in [0.3, 0.4) is 0 Å². The van der Waals surface area contributed by atoms with Gasteiger partial charge in [0.1, 0.15) is 0 Å². The van der Waals surface area contributed by atoms with Crippen molar-refractivity contribution in [2.45, 2.75) is 12.8 Å². The standard InChI is InChI=1S/C14H24N6O4/c1-23-7-3-5-17-13-9(11(15)21)20-14(10(19-13)12(16)22)18-6-4-8-24-2/h3-8H2,1-2H3,(H2,15,21)(H2,16,22)(H,17,19)(H,18,20). The number of nitrogens with one attached hydrogen (secondary N) is 2. The van der Waals surface area contributed by atoms with Crippen LogP contribution in [0.25, 0.3) is 0 Å². The number of hydrogen-bond donors (Lipinski definition) is 4. The molecule has 24 heavy (non-hydrogen) atoms. The molecule has 0 fully saturated rings. The molecule has 10 heteroatoms. The minimum Gasteiger partial charge on any atom is -0.385 e. The number of nitrogens with two attached hydrogens (primary N) is 2. The molecule has 0 aliphatic carbocycles. The Balaban J connectivity index is 3.00. The number of anilines is 2. The first-order valence-electron chi connectivity index (χ1n) is 7.48. The Hall–Kier alpha value is -2.46. The molecule has 1 aromatic rings. The maximum atomic E-state index is 11.6. The van der Waals surface area contributed by atoms with Gasteiger partial charge in [0.25, 0.3) is 11.8 Å². The molecule has 0 saturated carbocycles. The van der Waals surface area contributed by atoms with E-state index in [1.807, 2.05) is 0 Å². The fraction of sp³-hybridized carbons (Fsp3) is 0.571. The third-order valence-corrected chi connectivity index (χ3v) is 3.00. The van der Waals surface area contributed by atoms with Gasteiger partial charge in [-0.05, 0) is 12.8 Å². The number of aromatic nitrogens is 2. The summed E-state index contributed by atoms with van der Waals surface area (Å²) in [6.45, 7) is 2.02. The number of carbonyl (C=O) groups excluding carboxylic acids is 2. The van der Waals surface area contributed by atoms with Gasteiger partial charge in [-0.25, -0.2) is 9.97 Å². The van der Waals surface area contributed by atoms with Crippen molar-refractivity contribution in [3.63, 3.8) is 0 Å². The van der Waals surface area contributed by atoms with Crippen molar-refractivity contribution in [3.8, 4) is 0 Å². The lowest BCUT2D eigenvalue weighted by Crippen LogP contribution is -2.24. The number of carbonyl (C=O) groups is 2. The minimum atomic E-state index is -0.757. The van der Waals surface area contributed by atoms with Gasteiger partial charge in [-0.2, -0.15) is 0 Å². The first-order valence-corrected chi connectivity index (χ1v) is 7.48. The van der Waals surface area contributed by atoms with Gasteiger partial charge in [-0.3, -0.25) is 9.59 Å². The van der Waals surface area contributed by atoms with Crippen LogP contribution in [0.4, 0.5) is 11.6 Å². The molecule has 0 aliphatic rings. The van der Waals surface area contributed by atoms with Gasteiger partial charge < -0.3 is 31.6 Å². The molecular formula is C14H24N6O4. The summed E-state index contributed by atoms with van der Waals surface area (Å²) in [6, 6.07) is 0. The molecule has 1 heterocycles. The molecule has 0 atom stereocenters. The lowest BCUT2D eigenvalue weighted by atomic mass is 10.3. The van der Waals surface area contributed by atoms with E-state index in [0.717, 1.165) is 0 Å². The topological polar surface area (TPSA) is 154 Å². The van der Waals surface area contributed by atoms with Crippen LogP contribution in [0, 0.1) is 0 Å². The summed E-state index contributed by atoms with van der Waals surface area (Å²) in [5.41, 5.74) is 10.6. The number of methoxy groups -OCH3 is 2. The first-order chi connectivity index (χ1) is 11.5. The van der Waals surface area contributed by atoms with E-state index in [0.29, 0.717) is 39.1 Å². The Morgan fingerprint density at radius 2 is 1.25 bits per heavy atom.